The number of rotatable bonds is 7. The van der Waals surface area contributed by atoms with E-state index in [1.54, 1.807) is 0 Å². The Balaban J connectivity index is 1.48. The Hall–Kier alpha value is -2.40. The maximum atomic E-state index is 12.7. The van der Waals surface area contributed by atoms with Crippen LogP contribution in [0, 0.1) is 0 Å². The van der Waals surface area contributed by atoms with Gasteiger partial charge in [0.25, 0.3) is 11.7 Å². The molecule has 5 nitrogen and oxygen atoms in total. The molecule has 0 radical (unpaired) electrons. The zero-order valence-corrected chi connectivity index (χ0v) is 16.4. The van der Waals surface area contributed by atoms with Crippen LogP contribution in [0.2, 0.25) is 0 Å². The molecule has 0 spiro atoms. The van der Waals surface area contributed by atoms with Crippen molar-refractivity contribution in [3.8, 4) is 0 Å². The Morgan fingerprint density at radius 1 is 1.15 bits per heavy atom. The van der Waals surface area contributed by atoms with E-state index in [9.17, 15) is 4.79 Å². The van der Waals surface area contributed by atoms with Gasteiger partial charge in [0.2, 0.25) is 0 Å². The second kappa shape index (κ2) is 9.51. The zero-order chi connectivity index (χ0) is 19.1. The van der Waals surface area contributed by atoms with Crippen molar-refractivity contribution in [2.24, 2.45) is 0 Å². The molecule has 1 aromatic heterocycles. The standard InChI is InChI=1S/C22H30N4O/c1-3-19(20-9-5-4-6-10-20)17-24-22(27)18(2)25-13-15-26(16-14-25)21-11-7-8-12-23-21/h4-12,18-19H,3,13-17H2,1-2H3,(H,24,27)/p+2/t18-,19-/m1/s1. The van der Waals surface area contributed by atoms with Crippen LogP contribution in [0.3, 0.4) is 0 Å². The summed E-state index contributed by atoms with van der Waals surface area (Å²) in [5, 5.41) is 3.19. The summed E-state index contributed by atoms with van der Waals surface area (Å²) in [6, 6.07) is 16.6. The fourth-order valence-electron chi connectivity index (χ4n) is 3.83. The van der Waals surface area contributed by atoms with Gasteiger partial charge < -0.3 is 10.2 Å². The van der Waals surface area contributed by atoms with E-state index in [1.807, 2.05) is 18.3 Å². The fraction of sp³-hybridized carbons (Fsp3) is 0.455. The minimum atomic E-state index is -0.0137. The molecular formula is C22H32N4O+2. The number of hydrogen-bond acceptors (Lipinski definition) is 2. The lowest BCUT2D eigenvalue weighted by Crippen LogP contribution is -3.19. The number of anilines is 1. The molecule has 0 unspecified atom stereocenters. The van der Waals surface area contributed by atoms with Gasteiger partial charge in [-0.2, -0.15) is 0 Å². The van der Waals surface area contributed by atoms with E-state index in [2.05, 4.69) is 65.4 Å². The van der Waals surface area contributed by atoms with Crippen molar-refractivity contribution < 1.29 is 14.7 Å². The molecule has 1 aliphatic heterocycles. The number of carbonyl (C=O) groups excluding carboxylic acids is 1. The normalized spacial score (nSPS) is 17.3. The average Bonchev–Trinajstić information content (AvgIpc) is 2.75. The number of piperazine rings is 1. The number of amides is 1. The molecule has 2 atom stereocenters. The maximum absolute atomic E-state index is 12.7. The SMILES string of the molecule is CC[C@H](CNC(=O)[C@@H](C)[NH+]1CCN(c2cccc[nH+]2)CC1)c1ccccc1. The van der Waals surface area contributed by atoms with Crippen LogP contribution in [-0.2, 0) is 4.79 Å². The fourth-order valence-corrected chi connectivity index (χ4v) is 3.83. The minimum Gasteiger partial charge on any atom is -0.350 e. The van der Waals surface area contributed by atoms with Gasteiger partial charge in [-0.05, 0) is 25.0 Å². The van der Waals surface area contributed by atoms with Crippen molar-refractivity contribution in [3.63, 3.8) is 0 Å². The molecule has 0 bridgehead atoms. The van der Waals surface area contributed by atoms with Gasteiger partial charge in [0, 0.05) is 18.5 Å². The molecule has 3 N–H and O–H groups in total. The third kappa shape index (κ3) is 5.07. The predicted octanol–water partition coefficient (Wildman–Crippen LogP) is 0.904. The lowest BCUT2D eigenvalue weighted by atomic mass is 9.96. The summed E-state index contributed by atoms with van der Waals surface area (Å²) in [5.74, 6) is 1.70. The Bertz CT molecular complexity index is 699. The zero-order valence-electron chi connectivity index (χ0n) is 16.4. The van der Waals surface area contributed by atoms with E-state index in [4.69, 9.17) is 0 Å². The van der Waals surface area contributed by atoms with E-state index < -0.39 is 0 Å². The third-order valence-corrected chi connectivity index (χ3v) is 5.73. The first-order valence-corrected chi connectivity index (χ1v) is 10.1. The summed E-state index contributed by atoms with van der Waals surface area (Å²) >= 11 is 0. The highest BCUT2D eigenvalue weighted by Crippen LogP contribution is 2.17. The summed E-state index contributed by atoms with van der Waals surface area (Å²) in [7, 11) is 0. The van der Waals surface area contributed by atoms with Gasteiger partial charge in [-0.15, -0.1) is 0 Å². The number of H-pyrrole nitrogens is 1. The topological polar surface area (TPSA) is 50.9 Å². The Morgan fingerprint density at radius 2 is 1.85 bits per heavy atom. The highest BCUT2D eigenvalue weighted by molar-refractivity contribution is 5.80. The summed E-state index contributed by atoms with van der Waals surface area (Å²) in [4.78, 5) is 19.7. The Labute approximate surface area is 162 Å². The van der Waals surface area contributed by atoms with Crippen molar-refractivity contribution in [2.75, 3.05) is 37.6 Å². The van der Waals surface area contributed by atoms with Gasteiger partial charge in [0.1, 0.15) is 26.2 Å². The van der Waals surface area contributed by atoms with Crippen LogP contribution in [0.1, 0.15) is 31.7 Å². The quantitative estimate of drug-likeness (QED) is 0.763. The van der Waals surface area contributed by atoms with Crippen LogP contribution in [0.4, 0.5) is 5.82 Å². The first-order valence-electron chi connectivity index (χ1n) is 10.1. The second-order valence-electron chi connectivity index (χ2n) is 7.38. The molecule has 1 amide bonds. The molecule has 2 aromatic rings. The summed E-state index contributed by atoms with van der Waals surface area (Å²) in [6.45, 7) is 8.84. The number of pyridine rings is 1. The van der Waals surface area contributed by atoms with E-state index in [1.165, 1.54) is 10.5 Å². The average molecular weight is 369 g/mol. The van der Waals surface area contributed by atoms with Gasteiger partial charge in [-0.25, -0.2) is 4.98 Å². The van der Waals surface area contributed by atoms with Gasteiger partial charge >= 0.3 is 0 Å². The summed E-state index contributed by atoms with van der Waals surface area (Å²) in [5.41, 5.74) is 1.30. The lowest BCUT2D eigenvalue weighted by molar-refractivity contribution is -0.914. The maximum Gasteiger partial charge on any atom is 0.278 e. The van der Waals surface area contributed by atoms with Crippen molar-refractivity contribution >= 4 is 11.7 Å². The number of nitrogens with one attached hydrogen (secondary N) is 3. The first kappa shape index (κ1) is 19.4. The highest BCUT2D eigenvalue weighted by atomic mass is 16.2. The summed E-state index contributed by atoms with van der Waals surface area (Å²) < 4.78 is 0. The molecule has 3 rings (SSSR count). The monoisotopic (exact) mass is 368 g/mol. The second-order valence-corrected chi connectivity index (χ2v) is 7.38. The molecule has 1 aliphatic rings. The number of aromatic amines is 1. The molecule has 0 aliphatic carbocycles. The number of benzene rings is 1. The van der Waals surface area contributed by atoms with Crippen LogP contribution < -0.4 is 20.1 Å². The number of nitrogens with zero attached hydrogens (tertiary/aromatic N) is 1. The number of quaternary nitrogens is 1. The molecule has 1 fully saturated rings. The van der Waals surface area contributed by atoms with Crippen molar-refractivity contribution in [2.45, 2.75) is 32.2 Å². The Morgan fingerprint density at radius 3 is 2.48 bits per heavy atom. The van der Waals surface area contributed by atoms with Crippen LogP contribution >= 0.6 is 0 Å². The van der Waals surface area contributed by atoms with Gasteiger partial charge in [-0.3, -0.25) is 9.69 Å². The van der Waals surface area contributed by atoms with Crippen LogP contribution in [-0.4, -0.2) is 44.7 Å². The molecule has 27 heavy (non-hydrogen) atoms. The van der Waals surface area contributed by atoms with E-state index in [0.717, 1.165) is 38.4 Å². The molecule has 0 saturated carbocycles. The van der Waals surface area contributed by atoms with Gasteiger partial charge in [0.05, 0.1) is 6.20 Å². The van der Waals surface area contributed by atoms with Crippen molar-refractivity contribution in [3.05, 3.63) is 60.3 Å². The van der Waals surface area contributed by atoms with Gasteiger partial charge in [0.15, 0.2) is 6.04 Å². The van der Waals surface area contributed by atoms with E-state index in [0.29, 0.717) is 12.5 Å². The van der Waals surface area contributed by atoms with E-state index in [-0.39, 0.29) is 11.9 Å². The molecule has 1 aromatic carbocycles. The molecule has 144 valence electrons. The van der Waals surface area contributed by atoms with E-state index >= 15 is 0 Å². The lowest BCUT2D eigenvalue weighted by Gasteiger charge is -2.31. The van der Waals surface area contributed by atoms with Crippen LogP contribution in [0.25, 0.3) is 0 Å². The number of carbonyl (C=O) groups is 1. The first-order chi connectivity index (χ1) is 13.2. The van der Waals surface area contributed by atoms with Crippen molar-refractivity contribution in [1.29, 1.82) is 0 Å². The smallest absolute Gasteiger partial charge is 0.278 e. The molecule has 1 saturated heterocycles. The molecule has 5 heteroatoms. The predicted molar refractivity (Wildman–Crippen MR) is 108 cm³/mol. The molecular weight excluding hydrogens is 336 g/mol. The van der Waals surface area contributed by atoms with Crippen LogP contribution in [0.5, 0.6) is 0 Å². The highest BCUT2D eigenvalue weighted by Gasteiger charge is 2.32. The largest absolute Gasteiger partial charge is 0.350 e. The van der Waals surface area contributed by atoms with Crippen molar-refractivity contribution in [1.82, 2.24) is 5.32 Å². The molecule has 2 heterocycles. The van der Waals surface area contributed by atoms with Gasteiger partial charge in [-0.1, -0.05) is 43.3 Å². The summed E-state index contributed by atoms with van der Waals surface area (Å²) in [6.07, 6.45) is 2.99. The van der Waals surface area contributed by atoms with Crippen LogP contribution in [0.15, 0.2) is 54.7 Å². The third-order valence-electron chi connectivity index (χ3n) is 5.73. The number of aromatic nitrogens is 1. The minimum absolute atomic E-state index is 0.0137. The Kier molecular flexibility index (Phi) is 6.82. The number of hydrogen-bond donors (Lipinski definition) is 2.